The Hall–Kier alpha value is -1.61. The minimum Gasteiger partial charge on any atom is -0.274 e. The van der Waals surface area contributed by atoms with Gasteiger partial charge in [-0.2, -0.15) is 0 Å². The van der Waals surface area contributed by atoms with Crippen molar-refractivity contribution in [1.82, 2.24) is 0 Å². The Labute approximate surface area is 116 Å². The molecule has 2 atom stereocenters. The molecule has 0 saturated carbocycles. The highest BCUT2D eigenvalue weighted by atomic mass is 35.5. The third kappa shape index (κ3) is 1.89. The molecule has 1 fully saturated rings. The van der Waals surface area contributed by atoms with E-state index in [1.807, 2.05) is 37.3 Å². The Morgan fingerprint density at radius 2 is 1.84 bits per heavy atom. The molecule has 2 amide bonds. The van der Waals surface area contributed by atoms with Crippen molar-refractivity contribution in [2.45, 2.75) is 19.8 Å². The largest absolute Gasteiger partial charge is 0.274 e. The van der Waals surface area contributed by atoms with Gasteiger partial charge in [0.15, 0.2) is 0 Å². The predicted octanol–water partition coefficient (Wildman–Crippen LogP) is 3.02. The van der Waals surface area contributed by atoms with Crippen LogP contribution in [-0.4, -0.2) is 11.8 Å². The first-order valence-electron chi connectivity index (χ1n) is 6.37. The average Bonchev–Trinajstić information content (AvgIpc) is 2.63. The van der Waals surface area contributed by atoms with Crippen molar-refractivity contribution in [2.24, 2.45) is 11.8 Å². The zero-order valence-electron chi connectivity index (χ0n) is 10.6. The van der Waals surface area contributed by atoms with Crippen LogP contribution in [-0.2, 0) is 9.59 Å². The topological polar surface area (TPSA) is 37.4 Å². The van der Waals surface area contributed by atoms with Gasteiger partial charge in [-0.1, -0.05) is 35.9 Å². The number of anilines is 1. The molecule has 1 aliphatic heterocycles. The molecule has 1 saturated heterocycles. The highest BCUT2D eigenvalue weighted by Crippen LogP contribution is 2.41. The number of para-hydroxylation sites is 1. The van der Waals surface area contributed by atoms with Crippen molar-refractivity contribution < 1.29 is 9.59 Å². The van der Waals surface area contributed by atoms with Gasteiger partial charge in [-0.25, -0.2) is 4.90 Å². The van der Waals surface area contributed by atoms with Crippen LogP contribution < -0.4 is 4.90 Å². The average molecular weight is 276 g/mol. The maximum atomic E-state index is 12.5. The van der Waals surface area contributed by atoms with Crippen molar-refractivity contribution in [3.63, 3.8) is 0 Å². The fraction of sp³-hybridized carbons (Fsp3) is 0.333. The van der Waals surface area contributed by atoms with Gasteiger partial charge in [0.2, 0.25) is 11.8 Å². The monoisotopic (exact) mass is 275 g/mol. The third-order valence-electron chi connectivity index (χ3n) is 3.93. The van der Waals surface area contributed by atoms with E-state index in [-0.39, 0.29) is 23.7 Å². The van der Waals surface area contributed by atoms with Crippen LogP contribution in [0.5, 0.6) is 0 Å². The van der Waals surface area contributed by atoms with Crippen molar-refractivity contribution in [2.75, 3.05) is 4.90 Å². The first kappa shape index (κ1) is 12.4. The summed E-state index contributed by atoms with van der Waals surface area (Å²) < 4.78 is 0. The van der Waals surface area contributed by atoms with Crippen molar-refractivity contribution in [3.8, 4) is 0 Å². The number of carbonyl (C=O) groups is 2. The number of carbonyl (C=O) groups excluding carboxylic acids is 2. The normalized spacial score (nSPS) is 26.4. The molecule has 0 unspecified atom stereocenters. The van der Waals surface area contributed by atoms with Gasteiger partial charge in [-0.15, -0.1) is 0 Å². The Morgan fingerprint density at radius 3 is 2.58 bits per heavy atom. The molecule has 3 nitrogen and oxygen atoms in total. The summed E-state index contributed by atoms with van der Waals surface area (Å²) in [5, 5.41) is 0.689. The van der Waals surface area contributed by atoms with Crippen molar-refractivity contribution in [3.05, 3.63) is 40.9 Å². The summed E-state index contributed by atoms with van der Waals surface area (Å²) in [5.41, 5.74) is 1.63. The van der Waals surface area contributed by atoms with E-state index >= 15 is 0 Å². The second kappa shape index (κ2) is 4.49. The first-order valence-corrected chi connectivity index (χ1v) is 6.75. The van der Waals surface area contributed by atoms with Gasteiger partial charge in [0, 0.05) is 5.03 Å². The van der Waals surface area contributed by atoms with Crippen LogP contribution in [0.2, 0.25) is 0 Å². The van der Waals surface area contributed by atoms with Gasteiger partial charge in [0.1, 0.15) is 0 Å². The number of rotatable bonds is 1. The van der Waals surface area contributed by atoms with Crippen LogP contribution >= 0.6 is 11.6 Å². The number of amides is 2. The van der Waals surface area contributed by atoms with Crippen LogP contribution in [0.25, 0.3) is 0 Å². The number of hydrogen-bond acceptors (Lipinski definition) is 2. The number of benzene rings is 1. The van der Waals surface area contributed by atoms with Gasteiger partial charge in [-0.3, -0.25) is 9.59 Å². The van der Waals surface area contributed by atoms with E-state index < -0.39 is 0 Å². The lowest BCUT2D eigenvalue weighted by Gasteiger charge is -2.17. The van der Waals surface area contributed by atoms with Gasteiger partial charge < -0.3 is 0 Å². The molecule has 1 heterocycles. The lowest BCUT2D eigenvalue weighted by molar-refractivity contribution is -0.122. The summed E-state index contributed by atoms with van der Waals surface area (Å²) in [5.74, 6) is -0.737. The zero-order chi connectivity index (χ0) is 13.6. The fourth-order valence-corrected chi connectivity index (χ4v) is 3.13. The Kier molecular flexibility index (Phi) is 2.94. The number of halogens is 1. The molecular weight excluding hydrogens is 262 g/mol. The van der Waals surface area contributed by atoms with Crippen LogP contribution in [0.3, 0.4) is 0 Å². The highest BCUT2D eigenvalue weighted by Gasteiger charge is 2.49. The van der Waals surface area contributed by atoms with Crippen LogP contribution in [0, 0.1) is 18.8 Å². The first-order chi connectivity index (χ1) is 9.09. The molecule has 4 heteroatoms. The van der Waals surface area contributed by atoms with Crippen LogP contribution in [0.1, 0.15) is 18.4 Å². The molecule has 0 radical (unpaired) electrons. The summed E-state index contributed by atoms with van der Waals surface area (Å²) in [6.07, 6.45) is 2.91. The van der Waals surface area contributed by atoms with E-state index in [1.165, 1.54) is 4.90 Å². The number of nitrogens with zero attached hydrogens (tertiary/aromatic N) is 1. The standard InChI is InChI=1S/C15H14ClNO2/c1-9-4-2-3-5-13(9)17-14(18)11-7-6-10(16)8-12(11)15(17)19/h2-6,11-12H,7-8H2,1H3/t11-,12-/m0/s1. The van der Waals surface area contributed by atoms with Crippen LogP contribution in [0.4, 0.5) is 5.69 Å². The predicted molar refractivity (Wildman–Crippen MR) is 73.8 cm³/mol. The molecule has 0 spiro atoms. The maximum Gasteiger partial charge on any atom is 0.238 e. The van der Waals surface area contributed by atoms with Crippen molar-refractivity contribution >= 4 is 29.1 Å². The minimum absolute atomic E-state index is 0.0929. The van der Waals surface area contributed by atoms with E-state index in [4.69, 9.17) is 11.6 Å². The molecule has 2 aliphatic rings. The fourth-order valence-electron chi connectivity index (χ4n) is 2.88. The number of aryl methyl sites for hydroxylation is 1. The van der Waals surface area contributed by atoms with Gasteiger partial charge in [-0.05, 0) is 31.4 Å². The molecule has 3 rings (SSSR count). The number of allylic oxidation sites excluding steroid dienone is 2. The number of fused-ring (bicyclic) bond motifs is 1. The van der Waals surface area contributed by atoms with Crippen molar-refractivity contribution in [1.29, 1.82) is 0 Å². The SMILES string of the molecule is Cc1ccccc1N1C(=O)[C@H]2CC=C(Cl)C[C@@H]2C1=O. The summed E-state index contributed by atoms with van der Waals surface area (Å²) in [7, 11) is 0. The summed E-state index contributed by atoms with van der Waals surface area (Å²) >= 11 is 6.00. The molecule has 1 aliphatic carbocycles. The lowest BCUT2D eigenvalue weighted by Crippen LogP contribution is -2.31. The quantitative estimate of drug-likeness (QED) is 0.739. The minimum atomic E-state index is -0.287. The second-order valence-corrected chi connectivity index (χ2v) is 5.59. The third-order valence-corrected chi connectivity index (χ3v) is 4.23. The van der Waals surface area contributed by atoms with Gasteiger partial charge in [0.05, 0.1) is 17.5 Å². The zero-order valence-corrected chi connectivity index (χ0v) is 11.4. The number of hydrogen-bond donors (Lipinski definition) is 0. The van der Waals surface area contributed by atoms with E-state index in [0.29, 0.717) is 23.6 Å². The molecule has 1 aromatic carbocycles. The molecular formula is C15H14ClNO2. The summed E-state index contributed by atoms with van der Waals surface area (Å²) in [6, 6.07) is 7.46. The highest BCUT2D eigenvalue weighted by molar-refractivity contribution is 6.30. The maximum absolute atomic E-state index is 12.5. The molecule has 0 N–H and O–H groups in total. The van der Waals surface area contributed by atoms with E-state index in [0.717, 1.165) is 5.56 Å². The number of imide groups is 1. The lowest BCUT2D eigenvalue weighted by atomic mass is 9.85. The summed E-state index contributed by atoms with van der Waals surface area (Å²) in [4.78, 5) is 26.3. The molecule has 0 aromatic heterocycles. The van der Waals surface area contributed by atoms with Gasteiger partial charge >= 0.3 is 0 Å². The van der Waals surface area contributed by atoms with Gasteiger partial charge in [0.25, 0.3) is 0 Å². The van der Waals surface area contributed by atoms with Crippen LogP contribution in [0.15, 0.2) is 35.4 Å². The molecule has 98 valence electrons. The molecule has 0 bridgehead atoms. The van der Waals surface area contributed by atoms with E-state index in [9.17, 15) is 9.59 Å². The molecule has 1 aromatic rings. The Balaban J connectivity index is 2.00. The Morgan fingerprint density at radius 1 is 1.16 bits per heavy atom. The summed E-state index contributed by atoms with van der Waals surface area (Å²) in [6.45, 7) is 1.91. The van der Waals surface area contributed by atoms with E-state index in [1.54, 1.807) is 0 Å². The molecule has 19 heavy (non-hydrogen) atoms. The Bertz CT molecular complexity index is 594. The van der Waals surface area contributed by atoms with E-state index in [2.05, 4.69) is 0 Å². The smallest absolute Gasteiger partial charge is 0.238 e. The second-order valence-electron chi connectivity index (χ2n) is 5.10.